The highest BCUT2D eigenvalue weighted by Gasteiger charge is 2.12. The molecule has 0 spiro atoms. The van der Waals surface area contributed by atoms with Gasteiger partial charge < -0.3 is 15.2 Å². The van der Waals surface area contributed by atoms with Crippen molar-refractivity contribution in [2.24, 2.45) is 10.9 Å². The summed E-state index contributed by atoms with van der Waals surface area (Å²) in [6, 6.07) is 4.18. The van der Waals surface area contributed by atoms with E-state index < -0.39 is 0 Å². The van der Waals surface area contributed by atoms with E-state index in [1.807, 2.05) is 0 Å². The lowest BCUT2D eigenvalue weighted by atomic mass is 10.2. The van der Waals surface area contributed by atoms with Crippen molar-refractivity contribution in [3.05, 3.63) is 28.2 Å². The Morgan fingerprint density at radius 2 is 2.15 bits per heavy atom. The number of nitrogens with zero attached hydrogens (tertiary/aromatic N) is 4. The van der Waals surface area contributed by atoms with Crippen molar-refractivity contribution in [2.45, 2.75) is 44.9 Å². The zero-order valence-electron chi connectivity index (χ0n) is 15.9. The minimum atomic E-state index is 0. The van der Waals surface area contributed by atoms with Gasteiger partial charge in [-0.1, -0.05) is 31.7 Å². The number of halogens is 1. The monoisotopic (exact) mass is 508 g/mol. The maximum atomic E-state index is 4.37. The first-order chi connectivity index (χ1) is 12.1. The van der Waals surface area contributed by atoms with E-state index in [0.717, 1.165) is 49.4 Å². The molecule has 0 aliphatic carbocycles. The molecule has 9 heteroatoms. The fraction of sp³-hybridized carbons (Fsp3) is 0.588. The molecule has 2 N–H and O–H groups in total. The Labute approximate surface area is 181 Å². The Morgan fingerprint density at radius 3 is 2.77 bits per heavy atom. The highest BCUT2D eigenvalue weighted by Crippen LogP contribution is 2.16. The van der Waals surface area contributed by atoms with E-state index in [1.165, 1.54) is 4.88 Å². The molecule has 0 radical (unpaired) electrons. The van der Waals surface area contributed by atoms with E-state index in [-0.39, 0.29) is 24.0 Å². The molecule has 0 aliphatic heterocycles. The number of aromatic nitrogens is 3. The van der Waals surface area contributed by atoms with Crippen LogP contribution in [-0.2, 0) is 19.5 Å². The van der Waals surface area contributed by atoms with E-state index in [2.05, 4.69) is 68.0 Å². The van der Waals surface area contributed by atoms with Crippen molar-refractivity contribution in [1.29, 1.82) is 0 Å². The van der Waals surface area contributed by atoms with Crippen molar-refractivity contribution in [1.82, 2.24) is 25.4 Å². The molecule has 0 fully saturated rings. The van der Waals surface area contributed by atoms with Gasteiger partial charge in [-0.25, -0.2) is 0 Å². The molecule has 26 heavy (non-hydrogen) atoms. The van der Waals surface area contributed by atoms with E-state index in [1.54, 1.807) is 30.1 Å². The van der Waals surface area contributed by atoms with Crippen molar-refractivity contribution >= 4 is 53.0 Å². The van der Waals surface area contributed by atoms with Gasteiger partial charge in [0, 0.05) is 31.4 Å². The molecule has 2 aromatic rings. The van der Waals surface area contributed by atoms with Crippen LogP contribution in [0.4, 0.5) is 0 Å². The van der Waals surface area contributed by atoms with Crippen molar-refractivity contribution in [3.63, 3.8) is 0 Å². The van der Waals surface area contributed by atoms with Crippen LogP contribution in [0.25, 0.3) is 0 Å². The maximum Gasteiger partial charge on any atom is 0.191 e. The molecule has 0 saturated carbocycles. The highest BCUT2D eigenvalue weighted by atomic mass is 127. The summed E-state index contributed by atoms with van der Waals surface area (Å²) >= 11 is 3.40. The Balaban J connectivity index is 0.00000338. The van der Waals surface area contributed by atoms with Crippen LogP contribution in [0.15, 0.2) is 27.7 Å². The zero-order valence-corrected chi connectivity index (χ0v) is 19.8. The Bertz CT molecular complexity index is 654. The number of hydrogen-bond donors (Lipinski definition) is 2. The third-order valence-electron chi connectivity index (χ3n) is 3.63. The van der Waals surface area contributed by atoms with Crippen molar-refractivity contribution in [3.8, 4) is 0 Å². The summed E-state index contributed by atoms with van der Waals surface area (Å²) in [4.78, 5) is 5.57. The highest BCUT2D eigenvalue weighted by molar-refractivity contribution is 14.0. The lowest BCUT2D eigenvalue weighted by Gasteiger charge is -2.13. The van der Waals surface area contributed by atoms with Gasteiger partial charge in [-0.3, -0.25) is 4.99 Å². The predicted octanol–water partition coefficient (Wildman–Crippen LogP) is 3.63. The van der Waals surface area contributed by atoms with Gasteiger partial charge in [0.25, 0.3) is 0 Å². The van der Waals surface area contributed by atoms with Gasteiger partial charge in [0.15, 0.2) is 11.1 Å². The van der Waals surface area contributed by atoms with Crippen LogP contribution in [0.2, 0.25) is 0 Å². The summed E-state index contributed by atoms with van der Waals surface area (Å²) in [6.45, 7) is 7.07. The van der Waals surface area contributed by atoms with Gasteiger partial charge in [-0.15, -0.1) is 45.5 Å². The standard InChI is InChI=1S/C17H28N6S2.HI/c1-13(2)12-23-15(21-22-17(23)24-4)8-5-9-19-16(18-3)20-11-14-7-6-10-25-14;/h6-7,10,13H,5,8-9,11-12H2,1-4H3,(H2,18,19,20);1H. The summed E-state index contributed by atoms with van der Waals surface area (Å²) < 4.78 is 2.25. The van der Waals surface area contributed by atoms with Crippen LogP contribution in [0.5, 0.6) is 0 Å². The van der Waals surface area contributed by atoms with Gasteiger partial charge in [-0.2, -0.15) is 0 Å². The van der Waals surface area contributed by atoms with Crippen LogP contribution in [0.3, 0.4) is 0 Å². The molecule has 6 nitrogen and oxygen atoms in total. The molecule has 2 aromatic heterocycles. The summed E-state index contributed by atoms with van der Waals surface area (Å²) in [5.74, 6) is 2.49. The molecule has 0 unspecified atom stereocenters. The minimum Gasteiger partial charge on any atom is -0.356 e. The van der Waals surface area contributed by atoms with Crippen molar-refractivity contribution in [2.75, 3.05) is 19.8 Å². The number of aryl methyl sites for hydroxylation is 1. The average Bonchev–Trinajstić information content (AvgIpc) is 3.24. The Hall–Kier alpha value is -0.810. The largest absolute Gasteiger partial charge is 0.356 e. The van der Waals surface area contributed by atoms with Crippen LogP contribution in [0.1, 0.15) is 31.0 Å². The van der Waals surface area contributed by atoms with Gasteiger partial charge in [0.2, 0.25) is 0 Å². The first kappa shape index (κ1) is 23.2. The lowest BCUT2D eigenvalue weighted by Crippen LogP contribution is -2.37. The second kappa shape index (κ2) is 12.6. The number of hydrogen-bond acceptors (Lipinski definition) is 5. The molecular formula is C17H29IN6S2. The van der Waals surface area contributed by atoms with Crippen molar-refractivity contribution < 1.29 is 0 Å². The van der Waals surface area contributed by atoms with Crippen LogP contribution in [-0.4, -0.2) is 40.6 Å². The van der Waals surface area contributed by atoms with E-state index >= 15 is 0 Å². The van der Waals surface area contributed by atoms with Gasteiger partial charge in [0.05, 0.1) is 6.54 Å². The first-order valence-corrected chi connectivity index (χ1v) is 10.7. The number of guanidine groups is 1. The fourth-order valence-corrected chi connectivity index (χ4v) is 3.63. The Morgan fingerprint density at radius 1 is 1.35 bits per heavy atom. The van der Waals surface area contributed by atoms with E-state index in [0.29, 0.717) is 5.92 Å². The summed E-state index contributed by atoms with van der Waals surface area (Å²) in [5, 5.41) is 18.5. The molecule has 0 aliphatic rings. The average molecular weight is 508 g/mol. The van der Waals surface area contributed by atoms with E-state index in [9.17, 15) is 0 Å². The first-order valence-electron chi connectivity index (χ1n) is 8.57. The predicted molar refractivity (Wildman–Crippen MR) is 123 cm³/mol. The summed E-state index contributed by atoms with van der Waals surface area (Å²) in [6.07, 6.45) is 3.95. The summed E-state index contributed by atoms with van der Waals surface area (Å²) in [5.41, 5.74) is 0. The number of thioether (sulfide) groups is 1. The fourth-order valence-electron chi connectivity index (χ4n) is 2.46. The van der Waals surface area contributed by atoms with Gasteiger partial charge in [0.1, 0.15) is 5.82 Å². The smallest absolute Gasteiger partial charge is 0.191 e. The molecule has 0 saturated heterocycles. The molecular weight excluding hydrogens is 479 g/mol. The number of thiophene rings is 1. The quantitative estimate of drug-likeness (QED) is 0.178. The third kappa shape index (κ3) is 7.43. The molecule has 0 bridgehead atoms. The van der Waals surface area contributed by atoms with Crippen LogP contribution < -0.4 is 10.6 Å². The molecule has 0 atom stereocenters. The van der Waals surface area contributed by atoms with E-state index in [4.69, 9.17) is 0 Å². The lowest BCUT2D eigenvalue weighted by molar-refractivity contribution is 0.477. The number of nitrogens with one attached hydrogen (secondary N) is 2. The molecule has 146 valence electrons. The second-order valence-electron chi connectivity index (χ2n) is 6.14. The zero-order chi connectivity index (χ0) is 18.1. The number of aliphatic imine (C=N–C) groups is 1. The Kier molecular flexibility index (Phi) is 11.2. The molecule has 0 amide bonds. The van der Waals surface area contributed by atoms with Crippen LogP contribution >= 0.6 is 47.1 Å². The second-order valence-corrected chi connectivity index (χ2v) is 7.95. The van der Waals surface area contributed by atoms with Gasteiger partial charge in [-0.05, 0) is 30.0 Å². The maximum absolute atomic E-state index is 4.37. The summed E-state index contributed by atoms with van der Waals surface area (Å²) in [7, 11) is 1.80. The van der Waals surface area contributed by atoms with Gasteiger partial charge >= 0.3 is 0 Å². The van der Waals surface area contributed by atoms with Crippen LogP contribution in [0, 0.1) is 5.92 Å². The number of rotatable bonds is 9. The normalized spacial score (nSPS) is 11.5. The molecule has 2 rings (SSSR count). The molecule has 2 heterocycles. The topological polar surface area (TPSA) is 67.1 Å². The minimum absolute atomic E-state index is 0. The molecule has 0 aromatic carbocycles. The third-order valence-corrected chi connectivity index (χ3v) is 5.17. The SMILES string of the molecule is CN=C(NCCCc1nnc(SC)n1CC(C)C)NCc1cccs1.I.